The number of furan rings is 1. The number of nitrogens with zero attached hydrogens (tertiary/aromatic N) is 2. The summed E-state index contributed by atoms with van der Waals surface area (Å²) in [5.74, 6) is 0.356. The van der Waals surface area contributed by atoms with Gasteiger partial charge < -0.3 is 8.98 Å². The minimum absolute atomic E-state index is 0.273. The average molecular weight is 343 g/mol. The largest absolute Gasteiger partial charge is 0.455 e. The van der Waals surface area contributed by atoms with Gasteiger partial charge in [0, 0.05) is 17.8 Å². The number of carbonyl (C=O) groups excluding carboxylic acids is 1. The number of amides is 1. The lowest BCUT2D eigenvalue weighted by Gasteiger charge is -2.09. The van der Waals surface area contributed by atoms with Crippen molar-refractivity contribution in [3.63, 3.8) is 0 Å². The minimum atomic E-state index is -0.273. The van der Waals surface area contributed by atoms with Crippen LogP contribution in [0, 0.1) is 0 Å². The van der Waals surface area contributed by atoms with E-state index in [1.807, 2.05) is 77.6 Å². The molecule has 0 saturated carbocycles. The Morgan fingerprint density at radius 2 is 1.73 bits per heavy atom. The van der Waals surface area contributed by atoms with Gasteiger partial charge in [-0.2, -0.15) is 5.10 Å². The number of hydrazone groups is 1. The van der Waals surface area contributed by atoms with Gasteiger partial charge in [-0.3, -0.25) is 4.79 Å². The summed E-state index contributed by atoms with van der Waals surface area (Å²) in [5, 5.41) is 5.20. The molecule has 5 heteroatoms. The van der Waals surface area contributed by atoms with Crippen LogP contribution in [0.2, 0.25) is 0 Å². The molecule has 0 fully saturated rings. The lowest BCUT2D eigenvalue weighted by Crippen LogP contribution is -2.21. The molecule has 5 nitrogen and oxygen atoms in total. The second kappa shape index (κ2) is 6.72. The van der Waals surface area contributed by atoms with E-state index in [9.17, 15) is 4.79 Å². The highest BCUT2D eigenvalue weighted by Gasteiger charge is 2.12. The van der Waals surface area contributed by atoms with E-state index in [2.05, 4.69) is 10.5 Å². The van der Waals surface area contributed by atoms with E-state index in [1.54, 1.807) is 13.0 Å². The monoisotopic (exact) mass is 343 g/mol. The molecule has 1 N–H and O–H groups in total. The van der Waals surface area contributed by atoms with Gasteiger partial charge >= 0.3 is 0 Å². The number of carbonyl (C=O) groups is 1. The summed E-state index contributed by atoms with van der Waals surface area (Å²) in [6.07, 6.45) is 3.80. The summed E-state index contributed by atoms with van der Waals surface area (Å²) >= 11 is 0. The summed E-state index contributed by atoms with van der Waals surface area (Å²) in [6.45, 7) is 1.80. The van der Waals surface area contributed by atoms with Gasteiger partial charge in [0.2, 0.25) is 0 Å². The van der Waals surface area contributed by atoms with E-state index < -0.39 is 0 Å². The van der Waals surface area contributed by atoms with Gasteiger partial charge in [-0.1, -0.05) is 30.3 Å². The van der Waals surface area contributed by atoms with Crippen LogP contribution in [0.3, 0.4) is 0 Å². The molecule has 2 heterocycles. The van der Waals surface area contributed by atoms with Crippen LogP contribution in [0.15, 0.2) is 88.6 Å². The van der Waals surface area contributed by atoms with Gasteiger partial charge in [0.05, 0.1) is 11.3 Å². The first-order chi connectivity index (χ1) is 12.7. The maximum atomic E-state index is 12.6. The molecule has 128 valence electrons. The quantitative estimate of drug-likeness (QED) is 0.442. The predicted octanol–water partition coefficient (Wildman–Crippen LogP) is 4.38. The van der Waals surface area contributed by atoms with Crippen molar-refractivity contribution in [2.45, 2.75) is 6.92 Å². The zero-order chi connectivity index (χ0) is 17.9. The third-order valence-electron chi connectivity index (χ3n) is 4.14. The van der Waals surface area contributed by atoms with Crippen LogP contribution < -0.4 is 5.43 Å². The van der Waals surface area contributed by atoms with E-state index in [-0.39, 0.29) is 5.91 Å². The highest BCUT2D eigenvalue weighted by molar-refractivity contribution is 6.02. The molecule has 1 amide bonds. The molecule has 4 rings (SSSR count). The second-order valence-electron chi connectivity index (χ2n) is 5.89. The summed E-state index contributed by atoms with van der Waals surface area (Å²) in [4.78, 5) is 12.6. The topological polar surface area (TPSA) is 59.5 Å². The van der Waals surface area contributed by atoms with Crippen molar-refractivity contribution in [3.8, 4) is 5.69 Å². The fourth-order valence-electron chi connectivity index (χ4n) is 2.80. The fraction of sp³-hybridized carbons (Fsp3) is 0.0476. The molecular weight excluding hydrogens is 326 g/mol. The lowest BCUT2D eigenvalue weighted by molar-refractivity contribution is 0.0955. The molecule has 0 bridgehead atoms. The molecule has 0 spiro atoms. The predicted molar refractivity (Wildman–Crippen MR) is 102 cm³/mol. The van der Waals surface area contributed by atoms with E-state index >= 15 is 0 Å². The highest BCUT2D eigenvalue weighted by atomic mass is 16.3. The normalized spacial score (nSPS) is 11.7. The van der Waals surface area contributed by atoms with Gasteiger partial charge in [0.1, 0.15) is 11.3 Å². The fourth-order valence-corrected chi connectivity index (χ4v) is 2.80. The third-order valence-corrected chi connectivity index (χ3v) is 4.14. The minimum Gasteiger partial charge on any atom is -0.455 e. The van der Waals surface area contributed by atoms with Gasteiger partial charge in [0.25, 0.3) is 5.91 Å². The molecule has 0 unspecified atom stereocenters. The Labute approximate surface area is 150 Å². The Kier molecular flexibility index (Phi) is 4.11. The smallest absolute Gasteiger partial charge is 0.273 e. The highest BCUT2D eigenvalue weighted by Crippen LogP contribution is 2.19. The van der Waals surface area contributed by atoms with Crippen molar-refractivity contribution < 1.29 is 9.21 Å². The van der Waals surface area contributed by atoms with Crippen LogP contribution in [0.4, 0.5) is 0 Å². The van der Waals surface area contributed by atoms with Crippen LogP contribution in [0.1, 0.15) is 23.0 Å². The molecule has 2 aromatic heterocycles. The number of fused-ring (bicyclic) bond motifs is 1. The molecule has 26 heavy (non-hydrogen) atoms. The summed E-state index contributed by atoms with van der Waals surface area (Å²) in [6, 6.07) is 20.9. The summed E-state index contributed by atoms with van der Waals surface area (Å²) < 4.78 is 7.66. The summed E-state index contributed by atoms with van der Waals surface area (Å²) in [7, 11) is 0. The Morgan fingerprint density at radius 3 is 2.54 bits per heavy atom. The first kappa shape index (κ1) is 15.9. The number of benzene rings is 2. The first-order valence-electron chi connectivity index (χ1n) is 8.28. The van der Waals surface area contributed by atoms with Crippen molar-refractivity contribution >= 4 is 22.6 Å². The van der Waals surface area contributed by atoms with Crippen molar-refractivity contribution in [1.29, 1.82) is 0 Å². The Hall–Kier alpha value is -3.60. The Morgan fingerprint density at radius 1 is 1.00 bits per heavy atom. The number of rotatable bonds is 4. The molecule has 0 saturated heterocycles. The maximum absolute atomic E-state index is 12.6. The average Bonchev–Trinajstić information content (AvgIpc) is 3.35. The molecule has 0 aliphatic carbocycles. The standard InChI is InChI=1S/C21H17N3O2/c1-15(20-14-16-8-2-5-11-19(16)26-20)22-23-21(25)17-9-3-4-10-18(17)24-12-6-7-13-24/h2-14H,1H3,(H,23,25)/b22-15+. The summed E-state index contributed by atoms with van der Waals surface area (Å²) in [5.41, 5.74) is 5.36. The van der Waals surface area contributed by atoms with Gasteiger partial charge in [-0.15, -0.1) is 0 Å². The lowest BCUT2D eigenvalue weighted by atomic mass is 10.1. The van der Waals surface area contributed by atoms with Gasteiger partial charge in [0.15, 0.2) is 5.76 Å². The first-order valence-corrected chi connectivity index (χ1v) is 8.28. The molecule has 0 radical (unpaired) electrons. The molecule has 4 aromatic rings. The van der Waals surface area contributed by atoms with Crippen LogP contribution >= 0.6 is 0 Å². The Bertz CT molecular complexity index is 1060. The number of hydrogen-bond acceptors (Lipinski definition) is 3. The van der Waals surface area contributed by atoms with Crippen LogP contribution in [0.5, 0.6) is 0 Å². The van der Waals surface area contributed by atoms with Crippen LogP contribution in [-0.2, 0) is 0 Å². The number of nitrogens with one attached hydrogen (secondary N) is 1. The third kappa shape index (κ3) is 3.02. The van der Waals surface area contributed by atoms with Crippen LogP contribution in [-0.4, -0.2) is 16.2 Å². The van der Waals surface area contributed by atoms with Crippen molar-refractivity contribution in [2.75, 3.05) is 0 Å². The van der Waals surface area contributed by atoms with E-state index in [4.69, 9.17) is 4.42 Å². The van der Waals surface area contributed by atoms with E-state index in [1.165, 1.54) is 0 Å². The molecule has 0 aliphatic heterocycles. The zero-order valence-electron chi connectivity index (χ0n) is 14.2. The molecule has 2 aromatic carbocycles. The molecule has 0 aliphatic rings. The maximum Gasteiger partial charge on any atom is 0.273 e. The number of aromatic nitrogens is 1. The molecular formula is C21H17N3O2. The van der Waals surface area contributed by atoms with Crippen molar-refractivity contribution in [3.05, 3.63) is 90.4 Å². The van der Waals surface area contributed by atoms with E-state index in [0.717, 1.165) is 16.7 Å². The number of hydrogen-bond donors (Lipinski definition) is 1. The van der Waals surface area contributed by atoms with Crippen molar-refractivity contribution in [2.24, 2.45) is 5.10 Å². The SMILES string of the molecule is C/C(=N\NC(=O)c1ccccc1-n1cccc1)c1cc2ccccc2o1. The Balaban J connectivity index is 1.58. The van der Waals surface area contributed by atoms with Crippen molar-refractivity contribution in [1.82, 2.24) is 9.99 Å². The van der Waals surface area contributed by atoms with Gasteiger partial charge in [-0.25, -0.2) is 5.43 Å². The van der Waals surface area contributed by atoms with Gasteiger partial charge in [-0.05, 0) is 43.3 Å². The second-order valence-corrected chi connectivity index (χ2v) is 5.89. The van der Waals surface area contributed by atoms with Crippen LogP contribution in [0.25, 0.3) is 16.7 Å². The number of para-hydroxylation sites is 2. The van der Waals surface area contributed by atoms with E-state index in [0.29, 0.717) is 17.0 Å². The zero-order valence-corrected chi connectivity index (χ0v) is 14.2. The molecule has 0 atom stereocenters.